The summed E-state index contributed by atoms with van der Waals surface area (Å²) in [6.45, 7) is 0. The summed E-state index contributed by atoms with van der Waals surface area (Å²) in [6.07, 6.45) is 1.68. The Hall–Kier alpha value is -1.78. The summed E-state index contributed by atoms with van der Waals surface area (Å²) >= 11 is 11.8. The summed E-state index contributed by atoms with van der Waals surface area (Å²) in [5.41, 5.74) is 2.06. The maximum atomic E-state index is 5.94. The number of nitrogens with one attached hydrogen (secondary N) is 1. The molecule has 3 rings (SSSR count). The van der Waals surface area contributed by atoms with E-state index in [0.717, 1.165) is 5.69 Å². The van der Waals surface area contributed by atoms with Gasteiger partial charge in [-0.3, -0.25) is 0 Å². The number of anilines is 2. The van der Waals surface area contributed by atoms with Crippen molar-refractivity contribution in [3.8, 4) is 0 Å². The van der Waals surface area contributed by atoms with Crippen molar-refractivity contribution in [3.05, 3.63) is 46.6 Å². The molecule has 0 spiro atoms. The molecule has 0 bridgehead atoms. The van der Waals surface area contributed by atoms with Gasteiger partial charge in [0.25, 0.3) is 0 Å². The number of benzene rings is 1. The molecule has 3 aromatic rings. The second-order valence-electron chi connectivity index (χ2n) is 3.64. The van der Waals surface area contributed by atoms with Crippen molar-refractivity contribution in [2.45, 2.75) is 0 Å². The zero-order valence-corrected chi connectivity index (χ0v) is 10.5. The van der Waals surface area contributed by atoms with Gasteiger partial charge in [0.2, 0.25) is 0 Å². The van der Waals surface area contributed by atoms with Gasteiger partial charge in [-0.2, -0.15) is 0 Å². The molecular weight excluding hydrogens is 273 g/mol. The summed E-state index contributed by atoms with van der Waals surface area (Å²) in [4.78, 5) is 4.20. The summed E-state index contributed by atoms with van der Waals surface area (Å²) in [7, 11) is 0. The van der Waals surface area contributed by atoms with Gasteiger partial charge >= 0.3 is 0 Å². The minimum atomic E-state index is 0.474. The van der Waals surface area contributed by atoms with Crippen molar-refractivity contribution in [1.82, 2.24) is 10.1 Å². The van der Waals surface area contributed by atoms with Gasteiger partial charge in [-0.05, 0) is 30.3 Å². The Balaban J connectivity index is 1.98. The lowest BCUT2D eigenvalue weighted by molar-refractivity contribution is 0.460. The van der Waals surface area contributed by atoms with Crippen molar-refractivity contribution in [2.75, 3.05) is 5.32 Å². The molecule has 0 fully saturated rings. The average Bonchev–Trinajstić information content (AvgIpc) is 2.78. The van der Waals surface area contributed by atoms with Gasteiger partial charge in [-0.25, -0.2) is 4.98 Å². The lowest BCUT2D eigenvalue weighted by atomic mass is 10.3. The first kappa shape index (κ1) is 11.3. The van der Waals surface area contributed by atoms with Crippen LogP contribution in [-0.4, -0.2) is 10.1 Å². The Morgan fingerprint density at radius 2 is 2.00 bits per heavy atom. The molecule has 0 radical (unpaired) electrons. The summed E-state index contributed by atoms with van der Waals surface area (Å²) < 4.78 is 5.14. The zero-order chi connectivity index (χ0) is 12.5. The van der Waals surface area contributed by atoms with Crippen LogP contribution in [0.5, 0.6) is 0 Å². The SMILES string of the molecule is Clc1ccc(Nc2noc3cccnc23)cc1Cl. The van der Waals surface area contributed by atoms with Crippen molar-refractivity contribution >= 4 is 45.8 Å². The molecule has 18 heavy (non-hydrogen) atoms. The Bertz CT molecular complexity index is 711. The van der Waals surface area contributed by atoms with E-state index in [1.807, 2.05) is 0 Å². The van der Waals surface area contributed by atoms with Crippen LogP contribution in [0, 0.1) is 0 Å². The summed E-state index contributed by atoms with van der Waals surface area (Å²) in [5, 5.41) is 7.98. The minimum absolute atomic E-state index is 0.474. The normalized spacial score (nSPS) is 10.8. The molecule has 0 amide bonds. The Labute approximate surface area is 113 Å². The number of nitrogens with zero attached hydrogens (tertiary/aromatic N) is 2. The van der Waals surface area contributed by atoms with Gasteiger partial charge in [-0.15, -0.1) is 0 Å². The molecule has 0 saturated heterocycles. The van der Waals surface area contributed by atoms with Crippen molar-refractivity contribution in [2.24, 2.45) is 0 Å². The van der Waals surface area contributed by atoms with Crippen LogP contribution >= 0.6 is 23.2 Å². The van der Waals surface area contributed by atoms with Crippen LogP contribution in [0.3, 0.4) is 0 Å². The lowest BCUT2D eigenvalue weighted by Gasteiger charge is -2.03. The molecule has 90 valence electrons. The molecule has 1 aromatic carbocycles. The van der Waals surface area contributed by atoms with Crippen LogP contribution in [-0.2, 0) is 0 Å². The molecular formula is C12H7Cl2N3O. The Morgan fingerprint density at radius 3 is 2.83 bits per heavy atom. The first-order valence-corrected chi connectivity index (χ1v) is 5.92. The van der Waals surface area contributed by atoms with E-state index >= 15 is 0 Å². The fraction of sp³-hybridized carbons (Fsp3) is 0. The largest absolute Gasteiger partial charge is 0.352 e. The fourth-order valence-corrected chi connectivity index (χ4v) is 1.87. The third-order valence-corrected chi connectivity index (χ3v) is 3.15. The summed E-state index contributed by atoms with van der Waals surface area (Å²) in [5.74, 6) is 0.545. The number of fused-ring (bicyclic) bond motifs is 1. The first-order chi connectivity index (χ1) is 8.74. The maximum absolute atomic E-state index is 5.94. The molecule has 6 heteroatoms. The first-order valence-electron chi connectivity index (χ1n) is 5.16. The van der Waals surface area contributed by atoms with Gasteiger partial charge in [0, 0.05) is 11.9 Å². The third-order valence-electron chi connectivity index (χ3n) is 2.41. The number of hydrogen-bond acceptors (Lipinski definition) is 4. The molecule has 0 aliphatic carbocycles. The molecule has 2 heterocycles. The molecule has 4 nitrogen and oxygen atoms in total. The maximum Gasteiger partial charge on any atom is 0.200 e. The topological polar surface area (TPSA) is 51.0 Å². The second kappa shape index (κ2) is 4.48. The molecule has 2 aromatic heterocycles. The molecule has 0 unspecified atom stereocenters. The van der Waals surface area contributed by atoms with E-state index in [9.17, 15) is 0 Å². The highest BCUT2D eigenvalue weighted by molar-refractivity contribution is 6.42. The van der Waals surface area contributed by atoms with E-state index in [4.69, 9.17) is 27.7 Å². The molecule has 0 aliphatic rings. The lowest BCUT2D eigenvalue weighted by Crippen LogP contribution is -1.91. The van der Waals surface area contributed by atoms with Crippen molar-refractivity contribution < 1.29 is 4.52 Å². The molecule has 1 N–H and O–H groups in total. The van der Waals surface area contributed by atoms with Gasteiger partial charge in [-0.1, -0.05) is 28.4 Å². The third kappa shape index (κ3) is 2.00. The standard InChI is InChI=1S/C12H7Cl2N3O/c13-8-4-3-7(6-9(8)14)16-12-11-10(18-17-12)2-1-5-15-11/h1-6H,(H,16,17). The molecule has 0 atom stereocenters. The van der Waals surface area contributed by atoms with E-state index in [1.54, 1.807) is 36.5 Å². The fourth-order valence-electron chi connectivity index (χ4n) is 1.57. The van der Waals surface area contributed by atoms with E-state index in [2.05, 4.69) is 15.5 Å². The van der Waals surface area contributed by atoms with Crippen LogP contribution in [0.25, 0.3) is 11.1 Å². The Kier molecular flexibility index (Phi) is 2.81. The van der Waals surface area contributed by atoms with Crippen LogP contribution < -0.4 is 5.32 Å². The van der Waals surface area contributed by atoms with Crippen molar-refractivity contribution in [3.63, 3.8) is 0 Å². The predicted molar refractivity (Wildman–Crippen MR) is 71.5 cm³/mol. The van der Waals surface area contributed by atoms with E-state index in [1.165, 1.54) is 0 Å². The number of hydrogen-bond donors (Lipinski definition) is 1. The van der Waals surface area contributed by atoms with Gasteiger partial charge in [0.05, 0.1) is 10.0 Å². The summed E-state index contributed by atoms with van der Waals surface area (Å²) in [6, 6.07) is 8.82. The van der Waals surface area contributed by atoms with Crippen LogP contribution in [0.2, 0.25) is 10.0 Å². The molecule has 0 aliphatic heterocycles. The van der Waals surface area contributed by atoms with E-state index in [-0.39, 0.29) is 0 Å². The highest BCUT2D eigenvalue weighted by Gasteiger charge is 2.09. The quantitative estimate of drug-likeness (QED) is 0.761. The van der Waals surface area contributed by atoms with E-state index < -0.39 is 0 Å². The Morgan fingerprint density at radius 1 is 1.11 bits per heavy atom. The average molecular weight is 280 g/mol. The van der Waals surface area contributed by atoms with Crippen molar-refractivity contribution in [1.29, 1.82) is 0 Å². The highest BCUT2D eigenvalue weighted by atomic mass is 35.5. The smallest absolute Gasteiger partial charge is 0.200 e. The van der Waals surface area contributed by atoms with Crippen LogP contribution in [0.4, 0.5) is 11.5 Å². The number of pyridine rings is 1. The highest BCUT2D eigenvalue weighted by Crippen LogP contribution is 2.28. The van der Waals surface area contributed by atoms with E-state index in [0.29, 0.717) is 27.0 Å². The second-order valence-corrected chi connectivity index (χ2v) is 4.45. The predicted octanol–water partition coefficient (Wildman–Crippen LogP) is 4.27. The number of halogens is 2. The number of rotatable bonds is 2. The van der Waals surface area contributed by atoms with Gasteiger partial charge < -0.3 is 9.84 Å². The number of aromatic nitrogens is 2. The minimum Gasteiger partial charge on any atom is -0.352 e. The van der Waals surface area contributed by atoms with Crippen LogP contribution in [0.1, 0.15) is 0 Å². The van der Waals surface area contributed by atoms with Gasteiger partial charge in [0.1, 0.15) is 0 Å². The van der Waals surface area contributed by atoms with Gasteiger partial charge in [0.15, 0.2) is 16.9 Å². The zero-order valence-electron chi connectivity index (χ0n) is 9.02. The molecule has 0 saturated carbocycles. The van der Waals surface area contributed by atoms with Crippen LogP contribution in [0.15, 0.2) is 41.1 Å². The monoisotopic (exact) mass is 279 g/mol.